The highest BCUT2D eigenvalue weighted by Gasteiger charge is 2.45. The third-order valence-electron chi connectivity index (χ3n) is 2.83. The van der Waals surface area contributed by atoms with Crippen LogP contribution < -0.4 is 4.74 Å². The second kappa shape index (κ2) is 8.52. The van der Waals surface area contributed by atoms with Crippen LogP contribution in [-0.4, -0.2) is 42.9 Å². The summed E-state index contributed by atoms with van der Waals surface area (Å²) in [4.78, 5) is 23.6. The molecule has 0 bridgehead atoms. The Morgan fingerprint density at radius 2 is 1.85 bits per heavy atom. The second-order valence-corrected chi connectivity index (χ2v) is 8.06. The topological polar surface area (TPSA) is 107 Å². The number of rotatable bonds is 6. The maximum Gasteiger partial charge on any atom is 0.426 e. The first-order valence-electron chi connectivity index (χ1n) is 6.95. The molecular weight excluding hydrogens is 496 g/mol. The third kappa shape index (κ3) is 7.07. The fraction of sp³-hybridized carbons (Fsp3) is 0.429. The molecule has 0 aliphatic heterocycles. The van der Waals surface area contributed by atoms with Crippen LogP contribution in [0.3, 0.4) is 0 Å². The van der Waals surface area contributed by atoms with E-state index in [2.05, 4.69) is 4.74 Å². The zero-order chi connectivity index (χ0) is 20.3. The molecule has 1 aromatic carbocycles. The lowest BCUT2D eigenvalue weighted by Gasteiger charge is -2.19. The molecule has 0 saturated heterocycles. The number of hydrogen-bond donors (Lipinski definition) is 1. The van der Waals surface area contributed by atoms with Crippen LogP contribution in [0.15, 0.2) is 18.2 Å². The van der Waals surface area contributed by atoms with Crippen molar-refractivity contribution in [2.24, 2.45) is 5.92 Å². The largest absolute Gasteiger partial charge is 0.448 e. The fourth-order valence-electron chi connectivity index (χ4n) is 1.52. The highest BCUT2D eigenvalue weighted by Crippen LogP contribution is 2.27. The van der Waals surface area contributed by atoms with E-state index in [4.69, 9.17) is 9.29 Å². The van der Waals surface area contributed by atoms with Crippen LogP contribution in [-0.2, 0) is 19.6 Å². The molecule has 1 N–H and O–H groups in total. The molecule has 1 unspecified atom stereocenters. The van der Waals surface area contributed by atoms with Crippen molar-refractivity contribution in [2.45, 2.75) is 26.1 Å². The third-order valence-corrected chi connectivity index (χ3v) is 4.44. The Balaban J connectivity index is 3.06. The molecule has 0 aliphatic carbocycles. The van der Waals surface area contributed by atoms with E-state index in [0.717, 1.165) is 12.1 Å². The summed E-state index contributed by atoms with van der Waals surface area (Å²) in [6, 6.07) is 3.44. The van der Waals surface area contributed by atoms with Gasteiger partial charge in [-0.1, -0.05) is 13.8 Å². The van der Waals surface area contributed by atoms with Gasteiger partial charge in [-0.3, -0.25) is 9.35 Å². The van der Waals surface area contributed by atoms with E-state index in [0.29, 0.717) is 3.57 Å². The van der Waals surface area contributed by atoms with Crippen molar-refractivity contribution in [1.82, 2.24) is 0 Å². The van der Waals surface area contributed by atoms with Gasteiger partial charge in [-0.25, -0.2) is 4.79 Å². The Labute approximate surface area is 160 Å². The van der Waals surface area contributed by atoms with E-state index >= 15 is 0 Å². The van der Waals surface area contributed by atoms with Gasteiger partial charge in [0.1, 0.15) is 11.5 Å². The van der Waals surface area contributed by atoms with Crippen molar-refractivity contribution in [2.75, 3.05) is 5.75 Å². The molecule has 1 rings (SSSR count). The monoisotopic (exact) mass is 510 g/mol. The predicted molar refractivity (Wildman–Crippen MR) is 91.3 cm³/mol. The van der Waals surface area contributed by atoms with E-state index in [1.54, 1.807) is 36.4 Å². The molecule has 146 valence electrons. The standard InChI is InChI=1S/C14H14F3IO7S/c1-7(2)12(19)24-10-5-8(3-4-9(10)18)13(20)25-11(14(15,16)17)6-26(21,22)23/h3-5,7,11H,6H2,1-2H3,(H,21,22,23). The maximum atomic E-state index is 12.8. The Kier molecular flexibility index (Phi) is 7.42. The molecule has 12 heteroatoms. The van der Waals surface area contributed by atoms with E-state index in [1.807, 2.05) is 0 Å². The summed E-state index contributed by atoms with van der Waals surface area (Å²) >= 11 is 1.79. The van der Waals surface area contributed by atoms with Crippen LogP contribution in [0, 0.1) is 9.49 Å². The van der Waals surface area contributed by atoms with Crippen molar-refractivity contribution in [3.05, 3.63) is 27.3 Å². The number of benzene rings is 1. The first kappa shape index (κ1) is 22.6. The van der Waals surface area contributed by atoms with Gasteiger partial charge in [0.15, 0.2) is 0 Å². The van der Waals surface area contributed by atoms with Crippen LogP contribution in [0.2, 0.25) is 0 Å². The lowest BCUT2D eigenvalue weighted by molar-refractivity contribution is -0.197. The minimum Gasteiger partial charge on any atom is -0.448 e. The number of carbonyl (C=O) groups excluding carboxylic acids is 2. The highest BCUT2D eigenvalue weighted by molar-refractivity contribution is 14.1. The Morgan fingerprint density at radius 1 is 1.27 bits per heavy atom. The van der Waals surface area contributed by atoms with E-state index < -0.39 is 46.0 Å². The zero-order valence-electron chi connectivity index (χ0n) is 13.4. The Morgan fingerprint density at radius 3 is 2.31 bits per heavy atom. The van der Waals surface area contributed by atoms with Gasteiger partial charge in [0.2, 0.25) is 6.10 Å². The predicted octanol–water partition coefficient (Wildman–Crippen LogP) is 2.83. The van der Waals surface area contributed by atoms with Crippen molar-refractivity contribution in [3.63, 3.8) is 0 Å². The van der Waals surface area contributed by atoms with Crippen LogP contribution in [0.4, 0.5) is 13.2 Å². The number of esters is 2. The summed E-state index contributed by atoms with van der Waals surface area (Å²) < 4.78 is 78.0. The molecule has 0 aliphatic rings. The average molecular weight is 510 g/mol. The highest BCUT2D eigenvalue weighted by atomic mass is 127. The van der Waals surface area contributed by atoms with Crippen LogP contribution in [0.1, 0.15) is 24.2 Å². The smallest absolute Gasteiger partial charge is 0.426 e. The van der Waals surface area contributed by atoms with Crippen LogP contribution in [0.25, 0.3) is 0 Å². The average Bonchev–Trinajstić information content (AvgIpc) is 2.46. The number of ether oxygens (including phenoxy) is 2. The van der Waals surface area contributed by atoms with E-state index in [9.17, 15) is 31.2 Å². The minimum absolute atomic E-state index is 0.0583. The maximum absolute atomic E-state index is 12.8. The molecule has 7 nitrogen and oxygen atoms in total. The van der Waals surface area contributed by atoms with Gasteiger partial charge in [0.25, 0.3) is 10.1 Å². The molecule has 0 heterocycles. The van der Waals surface area contributed by atoms with Crippen molar-refractivity contribution < 1.29 is 45.2 Å². The first-order chi connectivity index (χ1) is 11.7. The normalized spacial score (nSPS) is 13.4. The molecule has 0 radical (unpaired) electrons. The van der Waals surface area contributed by atoms with Crippen LogP contribution in [0.5, 0.6) is 5.75 Å². The molecule has 1 aromatic rings. The number of halogens is 4. The van der Waals surface area contributed by atoms with Gasteiger partial charge in [0, 0.05) is 0 Å². The molecule has 1 atom stereocenters. The second-order valence-electron chi connectivity index (χ2n) is 5.41. The zero-order valence-corrected chi connectivity index (χ0v) is 16.4. The lowest BCUT2D eigenvalue weighted by atomic mass is 10.2. The van der Waals surface area contributed by atoms with Gasteiger partial charge in [-0.2, -0.15) is 21.6 Å². The number of hydrogen-bond acceptors (Lipinski definition) is 6. The van der Waals surface area contributed by atoms with Gasteiger partial charge in [-0.15, -0.1) is 0 Å². The Bertz CT molecular complexity index is 790. The molecule has 0 aromatic heterocycles. The summed E-state index contributed by atoms with van der Waals surface area (Å²) in [6.07, 6.45) is -8.26. The van der Waals surface area contributed by atoms with Crippen molar-refractivity contribution in [3.8, 4) is 5.75 Å². The lowest BCUT2D eigenvalue weighted by Crippen LogP contribution is -2.39. The summed E-state index contributed by atoms with van der Waals surface area (Å²) in [5.41, 5.74) is -0.387. The first-order valence-corrected chi connectivity index (χ1v) is 9.63. The van der Waals surface area contributed by atoms with Crippen LogP contribution >= 0.6 is 22.6 Å². The van der Waals surface area contributed by atoms with Gasteiger partial charge in [0.05, 0.1) is 15.1 Å². The van der Waals surface area contributed by atoms with Crippen molar-refractivity contribution >= 4 is 44.6 Å². The summed E-state index contributed by atoms with van der Waals surface area (Å²) in [6.45, 7) is 3.13. The molecule has 0 amide bonds. The van der Waals surface area contributed by atoms with Crippen molar-refractivity contribution in [1.29, 1.82) is 0 Å². The molecular formula is C14H14F3IO7S. The SMILES string of the molecule is CC(C)C(=O)Oc1cc(C(=O)OC(CS(=O)(=O)O)C(F)(F)F)ccc1I. The summed E-state index contributed by atoms with van der Waals surface area (Å²) in [5, 5.41) is 0. The molecule has 0 saturated carbocycles. The minimum atomic E-state index is -5.21. The molecule has 26 heavy (non-hydrogen) atoms. The van der Waals surface area contributed by atoms with E-state index in [1.165, 1.54) is 6.07 Å². The van der Waals surface area contributed by atoms with Gasteiger partial charge >= 0.3 is 18.1 Å². The molecule has 0 fully saturated rings. The number of alkyl halides is 3. The Hall–Kier alpha value is -1.41. The number of carbonyl (C=O) groups is 2. The molecule has 0 spiro atoms. The summed E-state index contributed by atoms with van der Waals surface area (Å²) in [7, 11) is -5.04. The van der Waals surface area contributed by atoms with Gasteiger partial charge < -0.3 is 9.47 Å². The fourth-order valence-corrected chi connectivity index (χ4v) is 2.60. The quantitative estimate of drug-likeness (QED) is 0.272. The van der Waals surface area contributed by atoms with E-state index in [-0.39, 0.29) is 11.3 Å². The summed E-state index contributed by atoms with van der Waals surface area (Å²) in [5.74, 6) is -4.48. The van der Waals surface area contributed by atoms with Gasteiger partial charge in [-0.05, 0) is 40.8 Å².